The van der Waals surface area contributed by atoms with Crippen LogP contribution in [0, 0.1) is 11.8 Å². The van der Waals surface area contributed by atoms with E-state index in [2.05, 4.69) is 94.2 Å². The van der Waals surface area contributed by atoms with Crippen molar-refractivity contribution in [3.8, 4) is 0 Å². The summed E-state index contributed by atoms with van der Waals surface area (Å²) in [5.41, 5.74) is 3.79. The molecule has 2 aliphatic heterocycles. The fourth-order valence-corrected chi connectivity index (χ4v) is 7.13. The fraction of sp³-hybridized carbons (Fsp3) is 0.484. The van der Waals surface area contributed by atoms with Crippen molar-refractivity contribution in [3.63, 3.8) is 0 Å². The van der Waals surface area contributed by atoms with Gasteiger partial charge in [-0.3, -0.25) is 4.90 Å². The monoisotopic (exact) mass is 488 g/mol. The molecule has 5 rings (SSSR count). The van der Waals surface area contributed by atoms with Crippen LogP contribution in [0.3, 0.4) is 0 Å². The molecule has 35 heavy (non-hydrogen) atoms. The van der Waals surface area contributed by atoms with E-state index in [1.165, 1.54) is 16.7 Å². The lowest BCUT2D eigenvalue weighted by atomic mass is 9.81. The van der Waals surface area contributed by atoms with Crippen molar-refractivity contribution < 1.29 is 5.11 Å². The van der Waals surface area contributed by atoms with Crippen LogP contribution in [0.5, 0.6) is 0 Å². The zero-order valence-electron chi connectivity index (χ0n) is 21.1. The van der Waals surface area contributed by atoms with E-state index in [1.54, 1.807) is 0 Å². The van der Waals surface area contributed by atoms with Gasteiger partial charge in [0.05, 0.1) is 5.60 Å². The summed E-state index contributed by atoms with van der Waals surface area (Å²) in [5, 5.41) is 16.0. The third-order valence-corrected chi connectivity index (χ3v) is 8.87. The van der Waals surface area contributed by atoms with Crippen LogP contribution in [0.25, 0.3) is 0 Å². The van der Waals surface area contributed by atoms with E-state index in [-0.39, 0.29) is 0 Å². The first kappa shape index (κ1) is 24.7. The number of nitrogens with zero attached hydrogens (tertiary/aromatic N) is 2. The van der Waals surface area contributed by atoms with Gasteiger partial charge in [0.25, 0.3) is 0 Å². The van der Waals surface area contributed by atoms with Crippen LogP contribution < -0.4 is 0 Å². The zero-order chi connectivity index (χ0) is 24.1. The summed E-state index contributed by atoms with van der Waals surface area (Å²) in [5.74, 6) is 1.76. The Kier molecular flexibility index (Phi) is 8.04. The Morgan fingerprint density at radius 2 is 1.60 bits per heavy atom. The molecule has 0 saturated carbocycles. The summed E-state index contributed by atoms with van der Waals surface area (Å²) in [4.78, 5) is 5.28. The van der Waals surface area contributed by atoms with Crippen LogP contribution >= 0.6 is 11.3 Å². The first-order chi connectivity index (χ1) is 17.1. The zero-order valence-corrected chi connectivity index (χ0v) is 21.9. The van der Waals surface area contributed by atoms with Crippen LogP contribution in [0.15, 0.2) is 77.5 Å². The van der Waals surface area contributed by atoms with E-state index in [4.69, 9.17) is 0 Å². The summed E-state index contributed by atoms with van der Waals surface area (Å²) < 4.78 is 0. The molecule has 0 radical (unpaired) electrons. The average molecular weight is 489 g/mol. The van der Waals surface area contributed by atoms with Gasteiger partial charge < -0.3 is 10.0 Å². The molecular formula is C31H40N2OS. The number of hydrogen-bond acceptors (Lipinski definition) is 4. The summed E-state index contributed by atoms with van der Waals surface area (Å²) in [6.07, 6.45) is 3.75. The molecule has 0 bridgehead atoms. The lowest BCUT2D eigenvalue weighted by Crippen LogP contribution is -2.47. The highest BCUT2D eigenvalue weighted by molar-refractivity contribution is 7.08. The van der Waals surface area contributed by atoms with Gasteiger partial charge in [0, 0.05) is 45.2 Å². The molecule has 2 aliphatic rings. The van der Waals surface area contributed by atoms with Gasteiger partial charge in [-0.25, -0.2) is 0 Å². The lowest BCUT2D eigenvalue weighted by Gasteiger charge is -2.41. The molecule has 2 saturated heterocycles. The molecule has 3 unspecified atom stereocenters. The molecule has 3 heterocycles. The van der Waals surface area contributed by atoms with Crippen LogP contribution in [0.1, 0.15) is 48.8 Å². The number of rotatable bonds is 9. The van der Waals surface area contributed by atoms with E-state index in [9.17, 15) is 5.11 Å². The standard InChI is InChI=1S/C31H40N2OS/c1-25(18-26-8-4-2-5-9-26)19-31(34)13-15-32(16-14-31)21-29-22-33(20-27-10-6-3-7-11-27)23-30(29)28-12-17-35-24-28/h2-12,17,24-25,29-30,34H,13-16,18-23H2,1H3. The van der Waals surface area contributed by atoms with Gasteiger partial charge in [0.1, 0.15) is 0 Å². The second-order valence-corrected chi connectivity index (χ2v) is 11.9. The molecule has 186 valence electrons. The van der Waals surface area contributed by atoms with Gasteiger partial charge in [0.2, 0.25) is 0 Å². The van der Waals surface area contributed by atoms with Crippen molar-refractivity contribution in [2.45, 2.75) is 50.7 Å². The number of benzene rings is 2. The van der Waals surface area contributed by atoms with E-state index < -0.39 is 5.60 Å². The lowest BCUT2D eigenvalue weighted by molar-refractivity contribution is -0.0400. The summed E-state index contributed by atoms with van der Waals surface area (Å²) in [6, 6.07) is 23.9. The van der Waals surface area contributed by atoms with Gasteiger partial charge in [-0.2, -0.15) is 11.3 Å². The quantitative estimate of drug-likeness (QED) is 0.397. The summed E-state index contributed by atoms with van der Waals surface area (Å²) in [7, 11) is 0. The van der Waals surface area contributed by atoms with Gasteiger partial charge in [0.15, 0.2) is 0 Å². The highest BCUT2D eigenvalue weighted by Crippen LogP contribution is 2.37. The van der Waals surface area contributed by atoms with Crippen molar-refractivity contribution >= 4 is 11.3 Å². The van der Waals surface area contributed by atoms with Crippen molar-refractivity contribution in [3.05, 3.63) is 94.2 Å². The summed E-state index contributed by atoms with van der Waals surface area (Å²) >= 11 is 1.82. The van der Waals surface area contributed by atoms with Crippen molar-refractivity contribution in [2.75, 3.05) is 32.7 Å². The van der Waals surface area contributed by atoms with E-state index >= 15 is 0 Å². The minimum Gasteiger partial charge on any atom is -0.390 e. The Morgan fingerprint density at radius 1 is 0.914 bits per heavy atom. The van der Waals surface area contributed by atoms with E-state index in [0.717, 1.165) is 65.0 Å². The summed E-state index contributed by atoms with van der Waals surface area (Å²) in [6.45, 7) is 8.80. The maximum atomic E-state index is 11.4. The topological polar surface area (TPSA) is 26.7 Å². The number of likely N-dealkylation sites (tertiary alicyclic amines) is 2. The normalized spacial score (nSPS) is 23.9. The van der Waals surface area contributed by atoms with Gasteiger partial charge in [-0.1, -0.05) is 67.6 Å². The molecule has 2 aromatic carbocycles. The third-order valence-electron chi connectivity index (χ3n) is 8.17. The van der Waals surface area contributed by atoms with Gasteiger partial charge in [-0.05, 0) is 71.0 Å². The van der Waals surface area contributed by atoms with Crippen molar-refractivity contribution in [1.82, 2.24) is 9.80 Å². The van der Waals surface area contributed by atoms with Crippen molar-refractivity contribution in [1.29, 1.82) is 0 Å². The van der Waals surface area contributed by atoms with Crippen LogP contribution in [0.2, 0.25) is 0 Å². The largest absolute Gasteiger partial charge is 0.390 e. The molecule has 4 heteroatoms. The number of hydrogen-bond donors (Lipinski definition) is 1. The molecule has 3 aromatic rings. The van der Waals surface area contributed by atoms with Crippen LogP contribution in [-0.2, 0) is 13.0 Å². The van der Waals surface area contributed by atoms with Crippen LogP contribution in [-0.4, -0.2) is 53.2 Å². The third kappa shape index (κ3) is 6.62. The average Bonchev–Trinajstić information content (AvgIpc) is 3.52. The van der Waals surface area contributed by atoms with Crippen molar-refractivity contribution in [2.24, 2.45) is 11.8 Å². The maximum Gasteiger partial charge on any atom is 0.0674 e. The van der Waals surface area contributed by atoms with Crippen LogP contribution in [0.4, 0.5) is 0 Å². The Hall–Kier alpha value is -1.98. The minimum absolute atomic E-state index is 0.498. The first-order valence-corrected chi connectivity index (χ1v) is 14.3. The molecule has 1 N–H and O–H groups in total. The first-order valence-electron chi connectivity index (χ1n) is 13.3. The SMILES string of the molecule is CC(Cc1ccccc1)CC1(O)CCN(CC2CN(Cc3ccccc3)CC2c2ccsc2)CC1. The van der Waals surface area contributed by atoms with E-state index in [1.807, 2.05) is 11.3 Å². The molecule has 0 aliphatic carbocycles. The Labute approximate surface area is 215 Å². The molecule has 3 atom stereocenters. The Morgan fingerprint density at radius 3 is 2.26 bits per heavy atom. The highest BCUT2D eigenvalue weighted by Gasteiger charge is 2.38. The molecule has 1 aromatic heterocycles. The Bertz CT molecular complexity index is 1010. The molecule has 2 fully saturated rings. The maximum absolute atomic E-state index is 11.4. The number of thiophene rings is 1. The number of aliphatic hydroxyl groups is 1. The van der Waals surface area contributed by atoms with E-state index in [0.29, 0.717) is 17.8 Å². The van der Waals surface area contributed by atoms with Gasteiger partial charge >= 0.3 is 0 Å². The second kappa shape index (κ2) is 11.4. The molecular weight excluding hydrogens is 448 g/mol. The fourth-order valence-electron chi connectivity index (χ4n) is 6.40. The molecule has 0 amide bonds. The smallest absolute Gasteiger partial charge is 0.0674 e. The number of piperidine rings is 1. The second-order valence-electron chi connectivity index (χ2n) is 11.1. The highest BCUT2D eigenvalue weighted by atomic mass is 32.1. The molecule has 3 nitrogen and oxygen atoms in total. The minimum atomic E-state index is -0.507. The molecule has 0 spiro atoms. The predicted molar refractivity (Wildman–Crippen MR) is 147 cm³/mol. The van der Waals surface area contributed by atoms with Gasteiger partial charge in [-0.15, -0.1) is 0 Å². The Balaban J connectivity index is 1.15. The predicted octanol–water partition coefficient (Wildman–Crippen LogP) is 6.06.